The SMILES string of the molecule is [CH2]CCCCCCCCCCCC(=O)OCCCc1ccccc1. The zero-order valence-corrected chi connectivity index (χ0v) is 15.3. The van der Waals surface area contributed by atoms with Gasteiger partial charge in [0.05, 0.1) is 6.61 Å². The van der Waals surface area contributed by atoms with Gasteiger partial charge in [0.25, 0.3) is 0 Å². The van der Waals surface area contributed by atoms with E-state index in [1.54, 1.807) is 0 Å². The Labute approximate surface area is 149 Å². The van der Waals surface area contributed by atoms with Gasteiger partial charge in [0.15, 0.2) is 0 Å². The van der Waals surface area contributed by atoms with Crippen LogP contribution >= 0.6 is 0 Å². The highest BCUT2D eigenvalue weighted by Gasteiger charge is 2.02. The Morgan fingerprint density at radius 3 is 2.00 bits per heavy atom. The average Bonchev–Trinajstić information content (AvgIpc) is 2.61. The van der Waals surface area contributed by atoms with E-state index in [-0.39, 0.29) is 5.97 Å². The Kier molecular flexibility index (Phi) is 13.2. The van der Waals surface area contributed by atoms with Crippen molar-refractivity contribution in [2.24, 2.45) is 0 Å². The summed E-state index contributed by atoms with van der Waals surface area (Å²) in [7, 11) is 0. The highest BCUT2D eigenvalue weighted by molar-refractivity contribution is 5.69. The first kappa shape index (κ1) is 20.7. The Morgan fingerprint density at radius 1 is 0.792 bits per heavy atom. The first-order valence-electron chi connectivity index (χ1n) is 9.81. The van der Waals surface area contributed by atoms with E-state index in [0.29, 0.717) is 13.0 Å². The second-order valence-electron chi connectivity index (χ2n) is 6.60. The molecule has 135 valence electrons. The van der Waals surface area contributed by atoms with Crippen LogP contribution in [-0.4, -0.2) is 12.6 Å². The molecule has 1 rings (SSSR count). The first-order valence-corrected chi connectivity index (χ1v) is 9.81. The molecule has 24 heavy (non-hydrogen) atoms. The van der Waals surface area contributed by atoms with Gasteiger partial charge < -0.3 is 4.74 Å². The smallest absolute Gasteiger partial charge is 0.305 e. The third-order valence-electron chi connectivity index (χ3n) is 4.35. The van der Waals surface area contributed by atoms with Gasteiger partial charge in [-0.2, -0.15) is 0 Å². The standard InChI is InChI=1S/C22H35O2/c1-2-3-4-5-6-7-8-9-10-14-19-22(23)24-20-15-18-21-16-12-11-13-17-21/h11-13,16-17H,1-10,14-15,18-20H2. The fraction of sp³-hybridized carbons (Fsp3) is 0.636. The summed E-state index contributed by atoms with van der Waals surface area (Å²) in [5.74, 6) is -0.0313. The molecule has 0 aliphatic carbocycles. The zero-order chi connectivity index (χ0) is 17.3. The van der Waals surface area contributed by atoms with Crippen LogP contribution in [0.5, 0.6) is 0 Å². The summed E-state index contributed by atoms with van der Waals surface area (Å²) >= 11 is 0. The van der Waals surface area contributed by atoms with Crippen molar-refractivity contribution in [3.8, 4) is 0 Å². The normalized spacial score (nSPS) is 10.7. The first-order chi connectivity index (χ1) is 11.8. The van der Waals surface area contributed by atoms with E-state index in [4.69, 9.17) is 4.74 Å². The van der Waals surface area contributed by atoms with Crippen LogP contribution in [0.1, 0.15) is 82.6 Å². The largest absolute Gasteiger partial charge is 0.466 e. The monoisotopic (exact) mass is 331 g/mol. The fourth-order valence-electron chi connectivity index (χ4n) is 2.86. The van der Waals surface area contributed by atoms with Crippen molar-refractivity contribution in [3.05, 3.63) is 42.8 Å². The van der Waals surface area contributed by atoms with Crippen molar-refractivity contribution in [2.45, 2.75) is 83.5 Å². The Morgan fingerprint density at radius 2 is 1.38 bits per heavy atom. The highest BCUT2D eigenvalue weighted by atomic mass is 16.5. The average molecular weight is 332 g/mol. The molecule has 1 aromatic carbocycles. The molecule has 0 aliphatic rings. The molecule has 0 N–H and O–H groups in total. The number of carbonyl (C=O) groups is 1. The van der Waals surface area contributed by atoms with Gasteiger partial charge in [0, 0.05) is 6.42 Å². The van der Waals surface area contributed by atoms with Gasteiger partial charge in [-0.3, -0.25) is 4.79 Å². The number of ether oxygens (including phenoxy) is 1. The maximum atomic E-state index is 11.7. The topological polar surface area (TPSA) is 26.3 Å². The van der Waals surface area contributed by atoms with Crippen molar-refractivity contribution in [1.29, 1.82) is 0 Å². The van der Waals surface area contributed by atoms with Gasteiger partial charge in [0.2, 0.25) is 0 Å². The van der Waals surface area contributed by atoms with E-state index in [1.165, 1.54) is 50.5 Å². The zero-order valence-electron chi connectivity index (χ0n) is 15.3. The molecule has 0 unspecified atom stereocenters. The molecule has 0 amide bonds. The predicted octanol–water partition coefficient (Wildman–Crippen LogP) is 6.29. The molecule has 0 saturated heterocycles. The van der Waals surface area contributed by atoms with Gasteiger partial charge in [-0.1, -0.05) is 95.0 Å². The van der Waals surface area contributed by atoms with Gasteiger partial charge in [-0.25, -0.2) is 0 Å². The molecule has 0 atom stereocenters. The van der Waals surface area contributed by atoms with Crippen molar-refractivity contribution in [1.82, 2.24) is 0 Å². The number of hydrogen-bond donors (Lipinski definition) is 0. The van der Waals surface area contributed by atoms with Gasteiger partial charge >= 0.3 is 5.97 Å². The number of esters is 1. The van der Waals surface area contributed by atoms with E-state index >= 15 is 0 Å². The molecular formula is C22H35O2. The van der Waals surface area contributed by atoms with Crippen LogP contribution in [0.4, 0.5) is 0 Å². The number of rotatable bonds is 15. The lowest BCUT2D eigenvalue weighted by Gasteiger charge is -2.05. The van der Waals surface area contributed by atoms with Crippen LogP contribution in [0.3, 0.4) is 0 Å². The molecule has 0 aliphatic heterocycles. The maximum absolute atomic E-state index is 11.7. The molecule has 2 heteroatoms. The van der Waals surface area contributed by atoms with Crippen LogP contribution in [0.2, 0.25) is 0 Å². The Balaban J connectivity index is 1.83. The Bertz CT molecular complexity index is 400. The van der Waals surface area contributed by atoms with Gasteiger partial charge in [-0.15, -0.1) is 0 Å². The van der Waals surface area contributed by atoms with Crippen molar-refractivity contribution in [3.63, 3.8) is 0 Å². The molecule has 0 bridgehead atoms. The number of benzene rings is 1. The van der Waals surface area contributed by atoms with E-state index in [0.717, 1.165) is 32.1 Å². The summed E-state index contributed by atoms with van der Waals surface area (Å²) in [5, 5.41) is 0. The maximum Gasteiger partial charge on any atom is 0.305 e. The molecule has 0 aromatic heterocycles. The van der Waals surface area contributed by atoms with E-state index in [2.05, 4.69) is 19.1 Å². The van der Waals surface area contributed by atoms with Crippen molar-refractivity contribution >= 4 is 5.97 Å². The van der Waals surface area contributed by atoms with E-state index in [1.807, 2.05) is 18.2 Å². The lowest BCUT2D eigenvalue weighted by molar-refractivity contribution is -0.143. The lowest BCUT2D eigenvalue weighted by atomic mass is 10.1. The van der Waals surface area contributed by atoms with Crippen LogP contribution in [-0.2, 0) is 16.0 Å². The summed E-state index contributed by atoms with van der Waals surface area (Å²) in [6, 6.07) is 10.3. The summed E-state index contributed by atoms with van der Waals surface area (Å²) in [4.78, 5) is 11.7. The number of unbranched alkanes of at least 4 members (excludes halogenated alkanes) is 9. The minimum absolute atomic E-state index is 0.0313. The molecule has 1 radical (unpaired) electrons. The van der Waals surface area contributed by atoms with Crippen LogP contribution < -0.4 is 0 Å². The molecular weight excluding hydrogens is 296 g/mol. The van der Waals surface area contributed by atoms with Crippen molar-refractivity contribution in [2.75, 3.05) is 6.61 Å². The molecule has 1 aromatic rings. The molecule has 0 spiro atoms. The molecule has 2 nitrogen and oxygen atoms in total. The summed E-state index contributed by atoms with van der Waals surface area (Å²) in [6.07, 6.45) is 14.8. The highest BCUT2D eigenvalue weighted by Crippen LogP contribution is 2.11. The lowest BCUT2D eigenvalue weighted by Crippen LogP contribution is -2.06. The van der Waals surface area contributed by atoms with E-state index < -0.39 is 0 Å². The second-order valence-corrected chi connectivity index (χ2v) is 6.60. The van der Waals surface area contributed by atoms with Crippen LogP contribution in [0.25, 0.3) is 0 Å². The molecule has 0 saturated carbocycles. The number of hydrogen-bond acceptors (Lipinski definition) is 2. The van der Waals surface area contributed by atoms with Gasteiger partial charge in [0.1, 0.15) is 0 Å². The quantitative estimate of drug-likeness (QED) is 0.279. The third kappa shape index (κ3) is 12.2. The summed E-state index contributed by atoms with van der Waals surface area (Å²) in [5.41, 5.74) is 1.31. The van der Waals surface area contributed by atoms with Crippen molar-refractivity contribution < 1.29 is 9.53 Å². The minimum Gasteiger partial charge on any atom is -0.466 e. The fourth-order valence-corrected chi connectivity index (χ4v) is 2.86. The minimum atomic E-state index is -0.0313. The van der Waals surface area contributed by atoms with E-state index in [9.17, 15) is 4.79 Å². The summed E-state index contributed by atoms with van der Waals surface area (Å²) < 4.78 is 5.30. The molecule has 0 heterocycles. The van der Waals surface area contributed by atoms with Crippen LogP contribution in [0.15, 0.2) is 30.3 Å². The third-order valence-corrected chi connectivity index (χ3v) is 4.35. The number of carbonyl (C=O) groups excluding carboxylic acids is 1. The summed E-state index contributed by atoms with van der Waals surface area (Å²) in [6.45, 7) is 4.41. The Hall–Kier alpha value is -1.31. The number of aryl methyl sites for hydroxylation is 1. The molecule has 0 fully saturated rings. The van der Waals surface area contributed by atoms with Crippen LogP contribution in [0, 0.1) is 6.92 Å². The van der Waals surface area contributed by atoms with Gasteiger partial charge in [-0.05, 0) is 24.8 Å². The second kappa shape index (κ2) is 15.2. The predicted molar refractivity (Wildman–Crippen MR) is 102 cm³/mol.